The second-order valence-electron chi connectivity index (χ2n) is 6.50. The number of fused-ring (bicyclic) bond motifs is 3. The molecule has 3 unspecified atom stereocenters. The van der Waals surface area contributed by atoms with E-state index in [-0.39, 0.29) is 30.7 Å². The highest BCUT2D eigenvalue weighted by molar-refractivity contribution is 7.85. The fourth-order valence-corrected chi connectivity index (χ4v) is 5.38. The zero-order valence-corrected chi connectivity index (χ0v) is 14.3. The predicted octanol–water partition coefficient (Wildman–Crippen LogP) is 1.92. The second kappa shape index (κ2) is 6.08. The Balaban J connectivity index is 0.00000168. The Morgan fingerprint density at radius 1 is 1.35 bits per heavy atom. The van der Waals surface area contributed by atoms with E-state index in [1.54, 1.807) is 23.8 Å². The number of aryl methyl sites for hydroxylation is 1. The van der Waals surface area contributed by atoms with Crippen molar-refractivity contribution < 1.29 is 8.63 Å². The number of rotatable bonds is 2. The first-order valence-corrected chi connectivity index (χ1v) is 9.44. The van der Waals surface area contributed by atoms with Gasteiger partial charge >= 0.3 is 0 Å². The van der Waals surface area contributed by atoms with Crippen LogP contribution in [0.2, 0.25) is 0 Å². The van der Waals surface area contributed by atoms with Crippen molar-refractivity contribution >= 4 is 21.8 Å². The van der Waals surface area contributed by atoms with Gasteiger partial charge in [-0.25, -0.2) is 9.97 Å². The predicted molar refractivity (Wildman–Crippen MR) is 95.5 cm³/mol. The van der Waals surface area contributed by atoms with Crippen LogP contribution < -0.4 is 5.56 Å². The molecule has 1 fully saturated rings. The molecule has 9 heteroatoms. The number of hydrogen-bond donors (Lipinski definition) is 0. The van der Waals surface area contributed by atoms with Crippen LogP contribution in [0.3, 0.4) is 0 Å². The highest BCUT2D eigenvalue weighted by Gasteiger charge is 2.39. The van der Waals surface area contributed by atoms with Crippen molar-refractivity contribution in [1.29, 1.82) is 0 Å². The molecule has 3 aromatic rings. The molecule has 0 N–H and O–H groups in total. The smallest absolute Gasteiger partial charge is 0.256 e. The summed E-state index contributed by atoms with van der Waals surface area (Å²) in [5.41, 5.74) is 1.01. The summed E-state index contributed by atoms with van der Waals surface area (Å²) in [6, 6.07) is 1.67. The molecule has 3 aromatic heterocycles. The van der Waals surface area contributed by atoms with Crippen molar-refractivity contribution in [2.45, 2.75) is 56.5 Å². The minimum absolute atomic E-state index is 0. The largest absolute Gasteiger partial charge is 0.425 e. The SMILES string of the molecule is C.Cc1nnc(Cc2cc3cnc4nc3n(c2=O)C2CCCC2S4=O)o1. The van der Waals surface area contributed by atoms with Gasteiger partial charge in [-0.3, -0.25) is 13.6 Å². The molecule has 0 aromatic carbocycles. The standard InChI is InChI=1S/C16H15N5O3S.CH4/c1-8-19-20-13(24-8)6-9-5-10-7-17-16-18-14(10)21(15(9)22)11-3-2-4-12(11)25(16)23;/h5,7,11-12H,2-4,6H2,1H3;1H4. The van der Waals surface area contributed by atoms with Crippen LogP contribution in [-0.2, 0) is 17.2 Å². The summed E-state index contributed by atoms with van der Waals surface area (Å²) < 4.78 is 19.9. The van der Waals surface area contributed by atoms with Gasteiger partial charge in [0.25, 0.3) is 5.56 Å². The lowest BCUT2D eigenvalue weighted by Gasteiger charge is -2.19. The van der Waals surface area contributed by atoms with Crippen LogP contribution in [0.25, 0.3) is 11.0 Å². The summed E-state index contributed by atoms with van der Waals surface area (Å²) in [4.78, 5) is 21.9. The average molecular weight is 373 g/mol. The van der Waals surface area contributed by atoms with Crippen molar-refractivity contribution in [1.82, 2.24) is 24.7 Å². The van der Waals surface area contributed by atoms with Crippen LogP contribution in [0.5, 0.6) is 0 Å². The quantitative estimate of drug-likeness (QED) is 0.632. The molecule has 136 valence electrons. The summed E-state index contributed by atoms with van der Waals surface area (Å²) in [5.74, 6) is 0.868. The molecule has 0 radical (unpaired) electrons. The van der Waals surface area contributed by atoms with Gasteiger partial charge in [-0.2, -0.15) is 0 Å². The van der Waals surface area contributed by atoms with Gasteiger partial charge in [0.1, 0.15) is 5.65 Å². The molecule has 1 aliphatic heterocycles. The zero-order chi connectivity index (χ0) is 17.1. The Labute approximate surface area is 152 Å². The van der Waals surface area contributed by atoms with Gasteiger partial charge in [0, 0.05) is 24.1 Å². The van der Waals surface area contributed by atoms with Crippen molar-refractivity contribution in [3.05, 3.63) is 40.0 Å². The number of hydrogen-bond acceptors (Lipinski definition) is 7. The van der Waals surface area contributed by atoms with Gasteiger partial charge in [-0.1, -0.05) is 13.8 Å². The van der Waals surface area contributed by atoms with Gasteiger partial charge in [-0.05, 0) is 18.9 Å². The monoisotopic (exact) mass is 373 g/mol. The van der Waals surface area contributed by atoms with Crippen LogP contribution >= 0.6 is 0 Å². The molecule has 3 atom stereocenters. The first-order valence-electron chi connectivity index (χ1n) is 8.22. The second-order valence-corrected chi connectivity index (χ2v) is 8.07. The Morgan fingerprint density at radius 2 is 2.19 bits per heavy atom. The summed E-state index contributed by atoms with van der Waals surface area (Å²) >= 11 is 0. The minimum atomic E-state index is -1.28. The first kappa shape index (κ1) is 17.0. The third-order valence-corrected chi connectivity index (χ3v) is 6.60. The maximum absolute atomic E-state index is 13.2. The van der Waals surface area contributed by atoms with Crippen LogP contribution in [0.15, 0.2) is 26.6 Å². The molecule has 0 spiro atoms. The topological polar surface area (TPSA) is 104 Å². The van der Waals surface area contributed by atoms with Crippen LogP contribution in [0.4, 0.5) is 0 Å². The third kappa shape index (κ3) is 2.41. The van der Waals surface area contributed by atoms with Crippen LogP contribution in [-0.4, -0.2) is 34.2 Å². The van der Waals surface area contributed by atoms with Crippen LogP contribution in [0, 0.1) is 6.92 Å². The van der Waals surface area contributed by atoms with E-state index in [4.69, 9.17) is 4.42 Å². The molecule has 26 heavy (non-hydrogen) atoms. The normalized spacial score (nSPS) is 23.7. The molecular formula is C17H19N5O3S. The van der Waals surface area contributed by atoms with Gasteiger partial charge in [-0.15, -0.1) is 10.2 Å². The lowest BCUT2D eigenvalue weighted by Crippen LogP contribution is -2.32. The number of aromatic nitrogens is 5. The molecule has 1 aliphatic carbocycles. The van der Waals surface area contributed by atoms with E-state index < -0.39 is 10.8 Å². The minimum Gasteiger partial charge on any atom is -0.425 e. The van der Waals surface area contributed by atoms with Gasteiger partial charge in [0.15, 0.2) is 0 Å². The fourth-order valence-electron chi connectivity index (χ4n) is 3.85. The van der Waals surface area contributed by atoms with E-state index in [2.05, 4.69) is 20.2 Å². The maximum Gasteiger partial charge on any atom is 0.256 e. The Morgan fingerprint density at radius 3 is 2.96 bits per heavy atom. The van der Waals surface area contributed by atoms with E-state index in [1.165, 1.54) is 0 Å². The third-order valence-electron chi connectivity index (χ3n) is 4.94. The molecule has 1 saturated carbocycles. The molecule has 4 heterocycles. The molecule has 0 amide bonds. The Kier molecular flexibility index (Phi) is 3.98. The van der Waals surface area contributed by atoms with Crippen molar-refractivity contribution in [3.8, 4) is 0 Å². The summed E-state index contributed by atoms with van der Waals surface area (Å²) in [6.45, 7) is 1.71. The summed E-state index contributed by atoms with van der Waals surface area (Å²) in [6.07, 6.45) is 4.51. The Bertz CT molecular complexity index is 1090. The number of nitrogens with zero attached hydrogens (tertiary/aromatic N) is 5. The van der Waals surface area contributed by atoms with E-state index in [1.807, 2.05) is 0 Å². The van der Waals surface area contributed by atoms with Gasteiger partial charge in [0.2, 0.25) is 16.9 Å². The fraction of sp³-hybridized carbons (Fsp3) is 0.471. The molecule has 5 rings (SSSR count). The van der Waals surface area contributed by atoms with E-state index in [0.717, 1.165) is 24.6 Å². The molecule has 2 aliphatic rings. The summed E-state index contributed by atoms with van der Waals surface area (Å²) in [5, 5.41) is 8.78. The van der Waals surface area contributed by atoms with Crippen molar-refractivity contribution in [3.63, 3.8) is 0 Å². The zero-order valence-electron chi connectivity index (χ0n) is 13.5. The average Bonchev–Trinajstić information content (AvgIpc) is 3.22. The lowest BCUT2D eigenvalue weighted by molar-refractivity contribution is 0.474. The van der Waals surface area contributed by atoms with E-state index in [0.29, 0.717) is 28.1 Å². The first-order chi connectivity index (χ1) is 12.1. The highest BCUT2D eigenvalue weighted by Crippen LogP contribution is 2.38. The molecule has 0 saturated heterocycles. The lowest BCUT2D eigenvalue weighted by atomic mass is 10.1. The number of pyridine rings is 1. The molecule has 8 nitrogen and oxygen atoms in total. The van der Waals surface area contributed by atoms with E-state index >= 15 is 0 Å². The van der Waals surface area contributed by atoms with Gasteiger partial charge < -0.3 is 4.42 Å². The van der Waals surface area contributed by atoms with Crippen molar-refractivity contribution in [2.24, 2.45) is 0 Å². The van der Waals surface area contributed by atoms with Crippen molar-refractivity contribution in [2.75, 3.05) is 0 Å². The van der Waals surface area contributed by atoms with Gasteiger partial charge in [0.05, 0.1) is 28.5 Å². The molecule has 2 bridgehead atoms. The van der Waals surface area contributed by atoms with Crippen LogP contribution in [0.1, 0.15) is 50.1 Å². The molecular weight excluding hydrogens is 354 g/mol. The van der Waals surface area contributed by atoms with E-state index in [9.17, 15) is 9.00 Å². The highest BCUT2D eigenvalue weighted by atomic mass is 32.2. The summed E-state index contributed by atoms with van der Waals surface area (Å²) in [7, 11) is -1.28. The maximum atomic E-state index is 13.2. The Hall–Kier alpha value is -2.42.